The van der Waals surface area contributed by atoms with Gasteiger partial charge in [0.1, 0.15) is 11.4 Å². The fourth-order valence-electron chi connectivity index (χ4n) is 4.37. The number of fused-ring (bicyclic) bond motifs is 1. The molecule has 1 aromatic carbocycles. The van der Waals surface area contributed by atoms with Crippen LogP contribution in [0.4, 0.5) is 16.2 Å². The zero-order valence-corrected chi connectivity index (χ0v) is 19.9. The molecule has 33 heavy (non-hydrogen) atoms. The number of nitrogens with zero attached hydrogens (tertiary/aromatic N) is 3. The Bertz CT molecular complexity index is 1250. The van der Waals surface area contributed by atoms with Gasteiger partial charge in [-0.25, -0.2) is 9.78 Å². The second kappa shape index (κ2) is 8.63. The molecule has 8 heteroatoms. The predicted molar refractivity (Wildman–Crippen MR) is 133 cm³/mol. The highest BCUT2D eigenvalue weighted by molar-refractivity contribution is 6.33. The van der Waals surface area contributed by atoms with Gasteiger partial charge in [0.15, 0.2) is 0 Å². The van der Waals surface area contributed by atoms with E-state index in [1.54, 1.807) is 32.3 Å². The van der Waals surface area contributed by atoms with Gasteiger partial charge in [-0.05, 0) is 54.5 Å². The van der Waals surface area contributed by atoms with Gasteiger partial charge >= 0.3 is 6.03 Å². The highest BCUT2D eigenvalue weighted by Crippen LogP contribution is 2.47. The maximum atomic E-state index is 12.2. The summed E-state index contributed by atoms with van der Waals surface area (Å²) in [4.78, 5) is 23.7. The van der Waals surface area contributed by atoms with Crippen LogP contribution in [0.3, 0.4) is 0 Å². The lowest BCUT2D eigenvalue weighted by molar-refractivity contribution is 0.176. The van der Waals surface area contributed by atoms with Crippen molar-refractivity contribution in [3.8, 4) is 5.75 Å². The van der Waals surface area contributed by atoms with E-state index < -0.39 is 0 Å². The number of pyridine rings is 1. The Balaban J connectivity index is 1.43. The fraction of sp³-hybridized carbons (Fsp3) is 0.360. The number of hydrogen-bond acceptors (Lipinski definition) is 4. The molecule has 5 rings (SSSR count). The lowest BCUT2D eigenvalue weighted by atomic mass is 10.0. The molecule has 0 saturated heterocycles. The number of carbonyl (C=O) groups is 1. The van der Waals surface area contributed by atoms with Gasteiger partial charge in [-0.2, -0.15) is 0 Å². The molecule has 0 atom stereocenters. The van der Waals surface area contributed by atoms with E-state index in [1.807, 2.05) is 17.0 Å². The quantitative estimate of drug-likeness (QED) is 0.513. The molecule has 0 bridgehead atoms. The number of H-pyrrole nitrogens is 1. The van der Waals surface area contributed by atoms with Gasteiger partial charge in [0, 0.05) is 56.2 Å². The van der Waals surface area contributed by atoms with Crippen molar-refractivity contribution in [1.82, 2.24) is 19.8 Å². The van der Waals surface area contributed by atoms with E-state index in [-0.39, 0.29) is 6.03 Å². The maximum Gasteiger partial charge on any atom is 0.319 e. The summed E-state index contributed by atoms with van der Waals surface area (Å²) in [7, 11) is 5.21. The van der Waals surface area contributed by atoms with E-state index in [1.165, 1.54) is 18.4 Å². The Hall–Kier alpha value is -3.19. The van der Waals surface area contributed by atoms with Gasteiger partial charge in [-0.3, -0.25) is 0 Å². The number of carbonyl (C=O) groups excluding carboxylic acids is 1. The summed E-state index contributed by atoms with van der Waals surface area (Å²) in [5, 5.41) is 5.27. The monoisotopic (exact) mass is 465 g/mol. The molecule has 3 heterocycles. The molecule has 0 radical (unpaired) electrons. The number of amides is 2. The fourth-order valence-corrected chi connectivity index (χ4v) is 4.71. The molecular formula is C25H28ClN5O2. The number of aromatic nitrogens is 2. The Morgan fingerprint density at radius 1 is 1.30 bits per heavy atom. The van der Waals surface area contributed by atoms with Crippen molar-refractivity contribution >= 4 is 45.6 Å². The van der Waals surface area contributed by atoms with Crippen molar-refractivity contribution in [3.63, 3.8) is 0 Å². The summed E-state index contributed by atoms with van der Waals surface area (Å²) in [5.74, 6) is 1.20. The van der Waals surface area contributed by atoms with Crippen LogP contribution >= 0.6 is 11.6 Å². The lowest BCUT2D eigenvalue weighted by Crippen LogP contribution is -2.41. The first-order chi connectivity index (χ1) is 15.9. The van der Waals surface area contributed by atoms with Crippen LogP contribution in [0.25, 0.3) is 16.6 Å². The molecule has 0 spiro atoms. The van der Waals surface area contributed by atoms with Crippen LogP contribution < -0.4 is 10.1 Å². The zero-order valence-electron chi connectivity index (χ0n) is 19.1. The van der Waals surface area contributed by atoms with Crippen molar-refractivity contribution < 1.29 is 9.53 Å². The molecule has 172 valence electrons. The van der Waals surface area contributed by atoms with Gasteiger partial charge in [0.05, 0.1) is 17.8 Å². The number of urea groups is 1. The number of aromatic amines is 1. The molecule has 1 aliphatic carbocycles. The summed E-state index contributed by atoms with van der Waals surface area (Å²) in [6.45, 7) is 1.31. The second-order valence-electron chi connectivity index (χ2n) is 8.89. The third-order valence-corrected chi connectivity index (χ3v) is 6.73. The highest BCUT2D eigenvalue weighted by Gasteiger charge is 2.28. The van der Waals surface area contributed by atoms with Crippen molar-refractivity contribution in [3.05, 3.63) is 52.8 Å². The Kier molecular flexibility index (Phi) is 5.66. The van der Waals surface area contributed by atoms with Crippen LogP contribution in [0, 0.1) is 0 Å². The average molecular weight is 466 g/mol. The van der Waals surface area contributed by atoms with Crippen LogP contribution in [0.5, 0.6) is 5.75 Å². The number of ether oxygens (including phenoxy) is 1. The molecular weight excluding hydrogens is 438 g/mol. The van der Waals surface area contributed by atoms with Crippen molar-refractivity contribution in [2.45, 2.75) is 25.2 Å². The van der Waals surface area contributed by atoms with Gasteiger partial charge in [0.2, 0.25) is 0 Å². The van der Waals surface area contributed by atoms with E-state index in [0.717, 1.165) is 40.1 Å². The minimum Gasteiger partial charge on any atom is -0.495 e. The molecule has 7 nitrogen and oxygen atoms in total. The van der Waals surface area contributed by atoms with E-state index >= 15 is 0 Å². The average Bonchev–Trinajstić information content (AvgIpc) is 3.57. The smallest absolute Gasteiger partial charge is 0.319 e. The van der Waals surface area contributed by atoms with E-state index in [0.29, 0.717) is 29.8 Å². The normalized spacial score (nSPS) is 16.0. The van der Waals surface area contributed by atoms with Crippen LogP contribution in [0.2, 0.25) is 5.02 Å². The van der Waals surface area contributed by atoms with Gasteiger partial charge in [-0.15, -0.1) is 0 Å². The van der Waals surface area contributed by atoms with E-state index in [9.17, 15) is 4.79 Å². The zero-order chi connectivity index (χ0) is 23.1. The minimum absolute atomic E-state index is 0.0408. The molecule has 2 amide bonds. The predicted octanol–water partition coefficient (Wildman–Crippen LogP) is 5.62. The first-order valence-electron chi connectivity index (χ1n) is 11.2. The summed E-state index contributed by atoms with van der Waals surface area (Å²) >= 11 is 6.55. The topological polar surface area (TPSA) is 73.5 Å². The lowest BCUT2D eigenvalue weighted by Gasteiger charge is -2.28. The van der Waals surface area contributed by atoms with Gasteiger partial charge in [-0.1, -0.05) is 17.7 Å². The molecule has 1 aliphatic heterocycles. The standard InChI is InChI=1S/C25H28ClN5O2/c1-30(2)25(32)31-10-7-16(8-11-31)21-14-19-20(6-9-27-24(19)29-21)28-17-12-18(15-4-5-15)23(26)22(13-17)33-3/h6-7,9,12-15H,4-5,8,10-11H2,1-3H3,(H2,27,28,29). The second-order valence-corrected chi connectivity index (χ2v) is 9.27. The SMILES string of the molecule is COc1cc(Nc2ccnc3[nH]c(C4=CCN(C(=O)N(C)C)CC4)cc23)cc(C2CC2)c1Cl. The van der Waals surface area contributed by atoms with Crippen molar-refractivity contribution in [2.75, 3.05) is 39.6 Å². The van der Waals surface area contributed by atoms with Crippen LogP contribution in [-0.2, 0) is 0 Å². The molecule has 2 aliphatic rings. The molecule has 0 unspecified atom stereocenters. The van der Waals surface area contributed by atoms with Crippen molar-refractivity contribution in [1.29, 1.82) is 0 Å². The molecule has 3 aromatic rings. The Morgan fingerprint density at radius 2 is 2.12 bits per heavy atom. The number of hydrogen-bond donors (Lipinski definition) is 2. The van der Waals surface area contributed by atoms with Crippen molar-refractivity contribution in [2.24, 2.45) is 0 Å². The number of methoxy groups -OCH3 is 1. The molecule has 1 fully saturated rings. The first-order valence-corrected chi connectivity index (χ1v) is 11.6. The maximum absolute atomic E-state index is 12.2. The third kappa shape index (κ3) is 4.25. The number of benzene rings is 1. The largest absolute Gasteiger partial charge is 0.495 e. The number of rotatable bonds is 5. The van der Waals surface area contributed by atoms with E-state index in [2.05, 4.69) is 33.5 Å². The Labute approximate surface area is 198 Å². The summed E-state index contributed by atoms with van der Waals surface area (Å²) in [6.07, 6.45) is 7.05. The molecule has 2 aromatic heterocycles. The highest BCUT2D eigenvalue weighted by atomic mass is 35.5. The molecule has 1 saturated carbocycles. The third-order valence-electron chi connectivity index (χ3n) is 6.32. The van der Waals surface area contributed by atoms with Crippen LogP contribution in [0.15, 0.2) is 36.5 Å². The minimum atomic E-state index is 0.0408. The van der Waals surface area contributed by atoms with E-state index in [4.69, 9.17) is 16.3 Å². The van der Waals surface area contributed by atoms with Gasteiger partial charge < -0.3 is 24.8 Å². The number of anilines is 2. The summed E-state index contributed by atoms with van der Waals surface area (Å²) in [6, 6.07) is 8.22. The summed E-state index contributed by atoms with van der Waals surface area (Å²) < 4.78 is 5.52. The summed E-state index contributed by atoms with van der Waals surface area (Å²) in [5.41, 5.74) is 6.12. The van der Waals surface area contributed by atoms with Crippen LogP contribution in [0.1, 0.15) is 36.4 Å². The number of nitrogens with one attached hydrogen (secondary N) is 2. The van der Waals surface area contributed by atoms with Gasteiger partial charge in [0.25, 0.3) is 0 Å². The van der Waals surface area contributed by atoms with Crippen LogP contribution in [-0.4, -0.2) is 60.1 Å². The first kappa shape index (κ1) is 21.6. The number of halogens is 1. The molecule has 2 N–H and O–H groups in total. The Morgan fingerprint density at radius 3 is 2.79 bits per heavy atom.